The van der Waals surface area contributed by atoms with Crippen molar-refractivity contribution < 1.29 is 14.3 Å². The van der Waals surface area contributed by atoms with E-state index in [1.807, 2.05) is 43.5 Å². The molecule has 6 heteroatoms. The van der Waals surface area contributed by atoms with Gasteiger partial charge in [0.2, 0.25) is 0 Å². The van der Waals surface area contributed by atoms with Crippen LogP contribution in [0, 0.1) is 6.92 Å². The Bertz CT molecular complexity index is 919. The van der Waals surface area contributed by atoms with Gasteiger partial charge in [-0.3, -0.25) is 0 Å². The summed E-state index contributed by atoms with van der Waals surface area (Å²) in [5.41, 5.74) is 3.73. The van der Waals surface area contributed by atoms with Crippen molar-refractivity contribution >= 4 is 38.5 Å². The van der Waals surface area contributed by atoms with Crippen LogP contribution in [0.4, 0.5) is 5.69 Å². The minimum atomic E-state index is -0.613. The summed E-state index contributed by atoms with van der Waals surface area (Å²) in [6.07, 6.45) is 1.86. The van der Waals surface area contributed by atoms with Crippen molar-refractivity contribution in [1.29, 1.82) is 0 Å². The number of hydrogen-bond donors (Lipinski definition) is 2. The van der Waals surface area contributed by atoms with E-state index in [0.29, 0.717) is 6.61 Å². The summed E-state index contributed by atoms with van der Waals surface area (Å²) in [6.45, 7) is 4.15. The maximum Gasteiger partial charge on any atom is 0.333 e. The number of rotatable bonds is 6. The molecule has 0 radical (unpaired) electrons. The molecule has 3 aromatic rings. The molecule has 0 fully saturated rings. The standard InChI is InChI=1S/C20H21BrN2O3/c1-4-26-20(24)19(23-13-5-7-14(25-3)8-6-13)16-11-22-18-10-17(21)12(2)9-15(16)18/h5-11,19,22-23H,4H2,1-3H3. The first-order valence-corrected chi connectivity index (χ1v) is 9.17. The molecule has 0 saturated carbocycles. The third kappa shape index (κ3) is 3.70. The molecule has 1 aromatic heterocycles. The monoisotopic (exact) mass is 416 g/mol. The number of carbonyl (C=O) groups excluding carboxylic acids is 1. The summed E-state index contributed by atoms with van der Waals surface area (Å²) in [5.74, 6) is 0.445. The van der Waals surface area contributed by atoms with Crippen LogP contribution in [-0.4, -0.2) is 24.7 Å². The van der Waals surface area contributed by atoms with Crippen LogP contribution in [0.15, 0.2) is 47.1 Å². The maximum atomic E-state index is 12.6. The minimum absolute atomic E-state index is 0.315. The second-order valence-corrected chi connectivity index (χ2v) is 6.80. The zero-order chi connectivity index (χ0) is 18.7. The van der Waals surface area contributed by atoms with Crippen LogP contribution in [0.3, 0.4) is 0 Å². The van der Waals surface area contributed by atoms with Crippen molar-refractivity contribution in [2.75, 3.05) is 19.0 Å². The molecule has 136 valence electrons. The van der Waals surface area contributed by atoms with E-state index in [0.717, 1.165) is 37.9 Å². The number of ether oxygens (including phenoxy) is 2. The van der Waals surface area contributed by atoms with Gasteiger partial charge in [-0.15, -0.1) is 0 Å². The van der Waals surface area contributed by atoms with Crippen LogP contribution in [0.1, 0.15) is 24.1 Å². The van der Waals surface area contributed by atoms with Crippen LogP contribution in [0.2, 0.25) is 0 Å². The molecule has 0 saturated heterocycles. The van der Waals surface area contributed by atoms with Crippen molar-refractivity contribution in [3.05, 3.63) is 58.2 Å². The highest BCUT2D eigenvalue weighted by atomic mass is 79.9. The normalized spacial score (nSPS) is 12.0. The molecule has 3 rings (SSSR count). The van der Waals surface area contributed by atoms with Crippen molar-refractivity contribution in [1.82, 2.24) is 4.98 Å². The Labute approximate surface area is 160 Å². The summed E-state index contributed by atoms with van der Waals surface area (Å²) < 4.78 is 11.5. The van der Waals surface area contributed by atoms with Gasteiger partial charge >= 0.3 is 5.97 Å². The maximum absolute atomic E-state index is 12.6. The lowest BCUT2D eigenvalue weighted by atomic mass is 10.0. The first kappa shape index (κ1) is 18.3. The van der Waals surface area contributed by atoms with Crippen molar-refractivity contribution in [3.63, 3.8) is 0 Å². The van der Waals surface area contributed by atoms with Gasteiger partial charge in [0, 0.05) is 32.8 Å². The number of methoxy groups -OCH3 is 1. The van der Waals surface area contributed by atoms with E-state index in [-0.39, 0.29) is 5.97 Å². The molecule has 0 aliphatic carbocycles. The number of halogens is 1. The van der Waals surface area contributed by atoms with Gasteiger partial charge in [-0.2, -0.15) is 0 Å². The smallest absolute Gasteiger partial charge is 0.333 e. The number of hydrogen-bond acceptors (Lipinski definition) is 4. The Hall–Kier alpha value is -2.47. The molecule has 5 nitrogen and oxygen atoms in total. The molecular weight excluding hydrogens is 396 g/mol. The highest BCUT2D eigenvalue weighted by Crippen LogP contribution is 2.32. The largest absolute Gasteiger partial charge is 0.497 e. The lowest BCUT2D eigenvalue weighted by Gasteiger charge is -2.18. The van der Waals surface area contributed by atoms with Gasteiger partial charge in [-0.1, -0.05) is 15.9 Å². The number of esters is 1. The Kier molecular flexibility index (Phi) is 5.52. The average molecular weight is 417 g/mol. The van der Waals surface area contributed by atoms with Gasteiger partial charge < -0.3 is 19.8 Å². The summed E-state index contributed by atoms with van der Waals surface area (Å²) >= 11 is 3.54. The number of anilines is 1. The Morgan fingerprint density at radius 1 is 1.27 bits per heavy atom. The number of aryl methyl sites for hydroxylation is 1. The molecule has 0 amide bonds. The third-order valence-electron chi connectivity index (χ3n) is 4.23. The highest BCUT2D eigenvalue weighted by Gasteiger charge is 2.25. The molecule has 26 heavy (non-hydrogen) atoms. The van der Waals surface area contributed by atoms with E-state index in [9.17, 15) is 4.79 Å². The zero-order valence-corrected chi connectivity index (χ0v) is 16.5. The van der Waals surface area contributed by atoms with Crippen molar-refractivity contribution in [2.45, 2.75) is 19.9 Å². The topological polar surface area (TPSA) is 63.4 Å². The summed E-state index contributed by atoms with van der Waals surface area (Å²) in [7, 11) is 1.62. The molecule has 0 bridgehead atoms. The lowest BCUT2D eigenvalue weighted by molar-refractivity contribution is -0.144. The molecule has 1 unspecified atom stereocenters. The number of aromatic nitrogens is 1. The third-order valence-corrected chi connectivity index (χ3v) is 5.08. The van der Waals surface area contributed by atoms with Crippen LogP contribution in [0.5, 0.6) is 5.75 Å². The fourth-order valence-corrected chi connectivity index (χ4v) is 3.20. The highest BCUT2D eigenvalue weighted by molar-refractivity contribution is 9.10. The molecule has 2 N–H and O–H groups in total. The lowest BCUT2D eigenvalue weighted by Crippen LogP contribution is -2.23. The number of benzene rings is 2. The van der Waals surface area contributed by atoms with Gasteiger partial charge in [0.25, 0.3) is 0 Å². The quantitative estimate of drug-likeness (QED) is 0.557. The van der Waals surface area contributed by atoms with Crippen LogP contribution < -0.4 is 10.1 Å². The summed E-state index contributed by atoms with van der Waals surface area (Å²) in [4.78, 5) is 15.9. The first-order valence-electron chi connectivity index (χ1n) is 8.37. The van der Waals surface area contributed by atoms with Crippen LogP contribution in [-0.2, 0) is 9.53 Å². The van der Waals surface area contributed by atoms with Crippen LogP contribution in [0.25, 0.3) is 10.9 Å². The molecule has 1 atom stereocenters. The van der Waals surface area contributed by atoms with E-state index in [2.05, 4.69) is 32.3 Å². The Balaban J connectivity index is 2.00. The number of fused-ring (bicyclic) bond motifs is 1. The second-order valence-electron chi connectivity index (χ2n) is 5.95. The predicted octanol–water partition coefficient (Wildman–Crippen LogP) is 4.96. The number of nitrogens with one attached hydrogen (secondary N) is 2. The molecule has 2 aromatic carbocycles. The van der Waals surface area contributed by atoms with Gasteiger partial charge in [0.05, 0.1) is 13.7 Å². The first-order chi connectivity index (χ1) is 12.5. The number of H-pyrrole nitrogens is 1. The fraction of sp³-hybridized carbons (Fsp3) is 0.250. The van der Waals surface area contributed by atoms with Gasteiger partial charge in [0.15, 0.2) is 6.04 Å². The fourth-order valence-electron chi connectivity index (χ4n) is 2.85. The van der Waals surface area contributed by atoms with E-state index in [4.69, 9.17) is 9.47 Å². The van der Waals surface area contributed by atoms with Gasteiger partial charge in [-0.05, 0) is 55.8 Å². The molecule has 0 aliphatic heterocycles. The minimum Gasteiger partial charge on any atom is -0.497 e. The van der Waals surface area contributed by atoms with Crippen LogP contribution >= 0.6 is 15.9 Å². The molecular formula is C20H21BrN2O3. The van der Waals surface area contributed by atoms with E-state index < -0.39 is 6.04 Å². The second kappa shape index (κ2) is 7.83. The average Bonchev–Trinajstić information content (AvgIpc) is 3.03. The molecule has 0 aliphatic rings. The number of carbonyl (C=O) groups is 1. The van der Waals surface area contributed by atoms with E-state index in [1.165, 1.54) is 0 Å². The SMILES string of the molecule is CCOC(=O)C(Nc1ccc(OC)cc1)c1c[nH]c2cc(Br)c(C)cc12. The predicted molar refractivity (Wildman–Crippen MR) is 107 cm³/mol. The zero-order valence-electron chi connectivity index (χ0n) is 14.9. The van der Waals surface area contributed by atoms with Gasteiger partial charge in [-0.25, -0.2) is 4.79 Å². The Morgan fingerprint density at radius 2 is 2.00 bits per heavy atom. The molecule has 0 spiro atoms. The van der Waals surface area contributed by atoms with E-state index in [1.54, 1.807) is 14.0 Å². The summed E-state index contributed by atoms with van der Waals surface area (Å²) in [5, 5.41) is 4.27. The van der Waals surface area contributed by atoms with Crippen molar-refractivity contribution in [2.24, 2.45) is 0 Å². The Morgan fingerprint density at radius 3 is 2.65 bits per heavy atom. The summed E-state index contributed by atoms with van der Waals surface area (Å²) in [6, 6.07) is 10.9. The van der Waals surface area contributed by atoms with E-state index >= 15 is 0 Å². The van der Waals surface area contributed by atoms with Gasteiger partial charge in [0.1, 0.15) is 5.75 Å². The number of aromatic amines is 1. The van der Waals surface area contributed by atoms with Crippen molar-refractivity contribution in [3.8, 4) is 5.75 Å². The molecule has 1 heterocycles.